The van der Waals surface area contributed by atoms with Crippen LogP contribution < -0.4 is 9.47 Å². The van der Waals surface area contributed by atoms with Crippen LogP contribution in [0.3, 0.4) is 0 Å². The first-order chi connectivity index (χ1) is 17.2. The van der Waals surface area contributed by atoms with Crippen LogP contribution in [0.15, 0.2) is 30.3 Å². The number of methoxy groups -OCH3 is 1. The van der Waals surface area contributed by atoms with Crippen LogP contribution in [0.4, 0.5) is 0 Å². The maximum absolute atomic E-state index is 12.1. The van der Waals surface area contributed by atoms with E-state index in [4.69, 9.17) is 23.9 Å². The van der Waals surface area contributed by atoms with Crippen LogP contribution in [-0.4, -0.2) is 71.5 Å². The highest BCUT2D eigenvalue weighted by Gasteiger charge is 2.28. The predicted molar refractivity (Wildman–Crippen MR) is 128 cm³/mol. The summed E-state index contributed by atoms with van der Waals surface area (Å²) in [6.45, 7) is 5.37. The zero-order chi connectivity index (χ0) is 23.8. The summed E-state index contributed by atoms with van der Waals surface area (Å²) in [6.07, 6.45) is 3.29. The smallest absolute Gasteiger partial charge is 0.356 e. The summed E-state index contributed by atoms with van der Waals surface area (Å²) in [7, 11) is 1.37. The number of likely N-dealkylation sites (tertiary alicyclic amines) is 1. The van der Waals surface area contributed by atoms with Gasteiger partial charge in [-0.3, -0.25) is 4.90 Å². The lowest BCUT2D eigenvalue weighted by atomic mass is 9.88. The standard InChI is InChI=1S/C26H30N4O5/c1-32-26(31)21-6-5-20-25(28-21)30(15-18-9-12-33-18)23(27-20)16-29-10-7-17(8-11-29)19-3-2-4-22-24(19)35-14-13-34-22/h2-6,17-18H,7-16H2,1H3. The Morgan fingerprint density at radius 3 is 2.66 bits per heavy atom. The Balaban J connectivity index is 1.20. The predicted octanol–water partition coefficient (Wildman–Crippen LogP) is 3.16. The first-order valence-corrected chi connectivity index (χ1v) is 12.4. The topological polar surface area (TPSA) is 87.9 Å². The number of nitrogens with zero attached hydrogens (tertiary/aromatic N) is 4. The summed E-state index contributed by atoms with van der Waals surface area (Å²) >= 11 is 0. The Bertz CT molecular complexity index is 1230. The fourth-order valence-corrected chi connectivity index (χ4v) is 5.23. The lowest BCUT2D eigenvalue weighted by molar-refractivity contribution is -0.0593. The number of fused-ring (bicyclic) bond motifs is 2. The molecule has 3 aliphatic heterocycles. The molecular formula is C26H30N4O5. The van der Waals surface area contributed by atoms with Gasteiger partial charge in [-0.05, 0) is 56.5 Å². The van der Waals surface area contributed by atoms with Crippen LogP contribution in [0.25, 0.3) is 11.2 Å². The third-order valence-corrected chi connectivity index (χ3v) is 7.23. The second kappa shape index (κ2) is 9.47. The molecule has 0 N–H and O–H groups in total. The Kier molecular flexibility index (Phi) is 6.03. The Morgan fingerprint density at radius 2 is 1.89 bits per heavy atom. The average molecular weight is 479 g/mol. The number of ether oxygens (including phenoxy) is 4. The normalized spacial score (nSPS) is 20.5. The molecule has 1 unspecified atom stereocenters. The van der Waals surface area contributed by atoms with Gasteiger partial charge in [0.05, 0.1) is 26.3 Å². The van der Waals surface area contributed by atoms with Crippen molar-refractivity contribution in [2.24, 2.45) is 0 Å². The molecule has 184 valence electrons. The number of imidazole rings is 1. The molecular weight excluding hydrogens is 448 g/mol. The molecule has 1 aromatic carbocycles. The van der Waals surface area contributed by atoms with Gasteiger partial charge in [0.2, 0.25) is 0 Å². The van der Waals surface area contributed by atoms with Crippen molar-refractivity contribution in [2.75, 3.05) is 40.0 Å². The number of benzene rings is 1. The van der Waals surface area contributed by atoms with E-state index in [1.54, 1.807) is 6.07 Å². The fraction of sp³-hybridized carbons (Fsp3) is 0.500. The van der Waals surface area contributed by atoms with Crippen molar-refractivity contribution >= 4 is 17.1 Å². The van der Waals surface area contributed by atoms with E-state index in [9.17, 15) is 4.79 Å². The minimum absolute atomic E-state index is 0.159. The molecule has 2 saturated heterocycles. The van der Waals surface area contributed by atoms with Gasteiger partial charge >= 0.3 is 5.97 Å². The number of hydrogen-bond donors (Lipinski definition) is 0. The number of pyridine rings is 1. The van der Waals surface area contributed by atoms with Crippen LogP contribution in [0, 0.1) is 0 Å². The van der Waals surface area contributed by atoms with Crippen molar-refractivity contribution in [2.45, 2.75) is 44.4 Å². The van der Waals surface area contributed by atoms with E-state index in [2.05, 4.69) is 26.6 Å². The number of rotatable bonds is 6. The van der Waals surface area contributed by atoms with E-state index in [-0.39, 0.29) is 6.10 Å². The first-order valence-electron chi connectivity index (χ1n) is 12.4. The maximum Gasteiger partial charge on any atom is 0.356 e. The zero-order valence-electron chi connectivity index (χ0n) is 19.9. The van der Waals surface area contributed by atoms with Gasteiger partial charge in [-0.15, -0.1) is 0 Å². The van der Waals surface area contributed by atoms with Crippen molar-refractivity contribution in [1.82, 2.24) is 19.4 Å². The molecule has 2 fully saturated rings. The second-order valence-electron chi connectivity index (χ2n) is 9.37. The molecule has 0 saturated carbocycles. The number of carbonyl (C=O) groups excluding carboxylic acids is 1. The molecule has 0 aliphatic carbocycles. The lowest BCUT2D eigenvalue weighted by Gasteiger charge is -2.34. The fourth-order valence-electron chi connectivity index (χ4n) is 5.23. The first kappa shape index (κ1) is 22.3. The minimum Gasteiger partial charge on any atom is -0.486 e. The van der Waals surface area contributed by atoms with Gasteiger partial charge in [0.1, 0.15) is 24.6 Å². The van der Waals surface area contributed by atoms with Gasteiger partial charge in [-0.1, -0.05) is 12.1 Å². The van der Waals surface area contributed by atoms with Crippen molar-refractivity contribution in [3.63, 3.8) is 0 Å². The van der Waals surface area contributed by atoms with Crippen LogP contribution in [0.5, 0.6) is 11.5 Å². The molecule has 5 heterocycles. The zero-order valence-corrected chi connectivity index (χ0v) is 19.9. The van der Waals surface area contributed by atoms with Gasteiger partial charge in [0.25, 0.3) is 0 Å². The molecule has 3 aliphatic rings. The third-order valence-electron chi connectivity index (χ3n) is 7.23. The van der Waals surface area contributed by atoms with E-state index in [1.807, 2.05) is 12.1 Å². The third kappa shape index (κ3) is 4.34. The van der Waals surface area contributed by atoms with Crippen molar-refractivity contribution in [3.05, 3.63) is 47.4 Å². The number of aromatic nitrogens is 3. The Hall–Kier alpha value is -3.17. The molecule has 9 heteroatoms. The van der Waals surface area contributed by atoms with E-state index in [0.29, 0.717) is 37.0 Å². The quantitative estimate of drug-likeness (QED) is 0.500. The molecule has 6 rings (SSSR count). The van der Waals surface area contributed by atoms with Crippen LogP contribution in [-0.2, 0) is 22.6 Å². The largest absolute Gasteiger partial charge is 0.486 e. The van der Waals surface area contributed by atoms with Gasteiger partial charge < -0.3 is 23.5 Å². The van der Waals surface area contributed by atoms with Crippen molar-refractivity contribution < 1.29 is 23.7 Å². The number of esters is 1. The second-order valence-corrected chi connectivity index (χ2v) is 9.37. The van der Waals surface area contributed by atoms with Crippen LogP contribution in [0.1, 0.15) is 47.1 Å². The van der Waals surface area contributed by atoms with E-state index in [1.165, 1.54) is 12.7 Å². The number of para-hydroxylation sites is 1. The van der Waals surface area contributed by atoms with E-state index in [0.717, 1.165) is 68.3 Å². The van der Waals surface area contributed by atoms with Gasteiger partial charge in [-0.25, -0.2) is 14.8 Å². The summed E-state index contributed by atoms with van der Waals surface area (Å²) in [4.78, 5) is 24.0. The lowest BCUT2D eigenvalue weighted by Crippen LogP contribution is -2.35. The highest BCUT2D eigenvalue weighted by molar-refractivity contribution is 5.89. The number of piperidine rings is 1. The minimum atomic E-state index is -0.444. The molecule has 2 aromatic heterocycles. The summed E-state index contributed by atoms with van der Waals surface area (Å²) in [5.74, 6) is 2.75. The molecule has 1 atom stereocenters. The Labute approximate surface area is 203 Å². The van der Waals surface area contributed by atoms with Crippen LogP contribution >= 0.6 is 0 Å². The number of hydrogen-bond acceptors (Lipinski definition) is 8. The van der Waals surface area contributed by atoms with Gasteiger partial charge in [-0.2, -0.15) is 0 Å². The summed E-state index contributed by atoms with van der Waals surface area (Å²) < 4.78 is 24.4. The average Bonchev–Trinajstić information content (AvgIpc) is 3.21. The molecule has 3 aromatic rings. The summed E-state index contributed by atoms with van der Waals surface area (Å²) in [5, 5.41) is 0. The molecule has 9 nitrogen and oxygen atoms in total. The van der Waals surface area contributed by atoms with Gasteiger partial charge in [0, 0.05) is 12.2 Å². The molecule has 0 amide bonds. The maximum atomic E-state index is 12.1. The number of carbonyl (C=O) groups is 1. The van der Waals surface area contributed by atoms with Crippen molar-refractivity contribution in [3.8, 4) is 11.5 Å². The SMILES string of the molecule is COC(=O)c1ccc2nc(CN3CCC(c4cccc5c4OCCO5)CC3)n(CC3CCO3)c2n1. The summed E-state index contributed by atoms with van der Waals surface area (Å²) in [5.41, 5.74) is 3.05. The molecule has 0 radical (unpaired) electrons. The molecule has 0 bridgehead atoms. The highest BCUT2D eigenvalue weighted by atomic mass is 16.6. The molecule has 0 spiro atoms. The highest BCUT2D eigenvalue weighted by Crippen LogP contribution is 2.41. The van der Waals surface area contributed by atoms with Gasteiger partial charge in [0.15, 0.2) is 22.8 Å². The van der Waals surface area contributed by atoms with Crippen molar-refractivity contribution in [1.29, 1.82) is 0 Å². The summed E-state index contributed by atoms with van der Waals surface area (Å²) in [6, 6.07) is 9.76. The van der Waals surface area contributed by atoms with E-state index >= 15 is 0 Å². The monoisotopic (exact) mass is 478 g/mol. The molecule has 35 heavy (non-hydrogen) atoms. The van der Waals surface area contributed by atoms with E-state index < -0.39 is 5.97 Å². The van der Waals surface area contributed by atoms with Crippen LogP contribution in [0.2, 0.25) is 0 Å². The Morgan fingerprint density at radius 1 is 1.06 bits per heavy atom.